The first-order valence-electron chi connectivity index (χ1n) is 9.68. The summed E-state index contributed by atoms with van der Waals surface area (Å²) in [4.78, 5) is 25.0. The zero-order valence-corrected chi connectivity index (χ0v) is 16.5. The van der Waals surface area contributed by atoms with E-state index in [9.17, 15) is 13.6 Å². The van der Waals surface area contributed by atoms with Crippen molar-refractivity contribution < 1.29 is 13.6 Å². The first kappa shape index (κ1) is 19.6. The predicted molar refractivity (Wildman–Crippen MR) is 109 cm³/mol. The number of alkyl halides is 2. The SMILES string of the molecule is CN1CCC(N=C2NC(Nc3ccc4c(c3)NC(=O)C(F)(F)C4)=NCN2C)CC1. The Morgan fingerprint density at radius 3 is 2.76 bits per heavy atom. The number of carbonyl (C=O) groups excluding carboxylic acids is 1. The van der Waals surface area contributed by atoms with Crippen LogP contribution in [0.3, 0.4) is 0 Å². The molecule has 0 spiro atoms. The lowest BCUT2D eigenvalue weighted by atomic mass is 10.00. The Morgan fingerprint density at radius 1 is 1.24 bits per heavy atom. The summed E-state index contributed by atoms with van der Waals surface area (Å²) in [6, 6.07) is 5.20. The van der Waals surface area contributed by atoms with E-state index in [1.807, 2.05) is 11.9 Å². The number of amides is 1. The van der Waals surface area contributed by atoms with Crippen molar-refractivity contribution in [3.8, 4) is 0 Å². The third kappa shape index (κ3) is 4.31. The van der Waals surface area contributed by atoms with Gasteiger partial charge < -0.3 is 20.4 Å². The summed E-state index contributed by atoms with van der Waals surface area (Å²) in [6.07, 6.45) is 1.45. The van der Waals surface area contributed by atoms with E-state index in [2.05, 4.69) is 32.9 Å². The Balaban J connectivity index is 1.45. The van der Waals surface area contributed by atoms with Crippen molar-refractivity contribution >= 4 is 29.2 Å². The second-order valence-corrected chi connectivity index (χ2v) is 7.79. The van der Waals surface area contributed by atoms with Crippen molar-refractivity contribution in [3.63, 3.8) is 0 Å². The first-order valence-corrected chi connectivity index (χ1v) is 9.68. The number of carbonyl (C=O) groups is 1. The van der Waals surface area contributed by atoms with Crippen LogP contribution in [0, 0.1) is 0 Å². The van der Waals surface area contributed by atoms with Crippen molar-refractivity contribution in [2.75, 3.05) is 44.5 Å². The van der Waals surface area contributed by atoms with Gasteiger partial charge in [-0.25, -0.2) is 9.98 Å². The Bertz CT molecular complexity index is 862. The fourth-order valence-electron chi connectivity index (χ4n) is 3.58. The summed E-state index contributed by atoms with van der Waals surface area (Å²) in [5.74, 6) is -3.37. The number of aliphatic imine (C=N–C) groups is 2. The minimum Gasteiger partial charge on any atom is -0.326 e. The van der Waals surface area contributed by atoms with Crippen LogP contribution in [0.4, 0.5) is 20.2 Å². The molecule has 0 saturated carbocycles. The largest absolute Gasteiger partial charge is 0.328 e. The van der Waals surface area contributed by atoms with Crippen molar-refractivity contribution in [2.24, 2.45) is 9.98 Å². The van der Waals surface area contributed by atoms with Crippen LogP contribution in [0.2, 0.25) is 0 Å². The molecule has 0 aromatic heterocycles. The number of anilines is 2. The number of halogens is 2. The molecule has 1 amide bonds. The standard InChI is InChI=1S/C19H25F2N7O/c1-27-7-5-13(6-8-27)24-18-26-17(22-11-28(18)2)23-14-4-3-12-10-19(20,21)16(29)25-15(12)9-14/h3-4,9,13H,5-8,10-11H2,1-2H3,(H,25,29)(H2,22,23,24,26). The maximum Gasteiger partial charge on any atom is 0.328 e. The maximum atomic E-state index is 13.6. The molecule has 0 unspecified atom stereocenters. The van der Waals surface area contributed by atoms with Gasteiger partial charge >= 0.3 is 5.92 Å². The molecule has 3 heterocycles. The third-order valence-corrected chi connectivity index (χ3v) is 5.39. The van der Waals surface area contributed by atoms with Gasteiger partial charge in [-0.3, -0.25) is 10.1 Å². The van der Waals surface area contributed by atoms with Gasteiger partial charge in [0.2, 0.25) is 11.9 Å². The molecule has 0 aliphatic carbocycles. The molecule has 10 heteroatoms. The highest BCUT2D eigenvalue weighted by Gasteiger charge is 2.43. The van der Waals surface area contributed by atoms with Crippen LogP contribution in [0.1, 0.15) is 18.4 Å². The van der Waals surface area contributed by atoms with E-state index in [4.69, 9.17) is 4.99 Å². The molecule has 1 aromatic rings. The molecule has 0 radical (unpaired) electrons. The van der Waals surface area contributed by atoms with Gasteiger partial charge in [-0.15, -0.1) is 0 Å². The highest BCUT2D eigenvalue weighted by Crippen LogP contribution is 2.33. The number of nitrogens with zero attached hydrogens (tertiary/aromatic N) is 4. The predicted octanol–water partition coefficient (Wildman–Crippen LogP) is 1.53. The van der Waals surface area contributed by atoms with Gasteiger partial charge in [0.15, 0.2) is 0 Å². The van der Waals surface area contributed by atoms with Crippen LogP contribution in [0.5, 0.6) is 0 Å². The Kier molecular flexibility index (Phi) is 5.12. The number of hydrogen-bond acceptors (Lipinski definition) is 5. The zero-order chi connectivity index (χ0) is 20.6. The number of likely N-dealkylation sites (tertiary alicyclic amines) is 1. The molecule has 3 aliphatic heterocycles. The molecule has 29 heavy (non-hydrogen) atoms. The quantitative estimate of drug-likeness (QED) is 0.695. The molecule has 1 saturated heterocycles. The Labute approximate surface area is 168 Å². The Morgan fingerprint density at radius 2 is 2.00 bits per heavy atom. The number of benzene rings is 1. The van der Waals surface area contributed by atoms with Crippen LogP contribution >= 0.6 is 0 Å². The molecule has 4 rings (SSSR count). The summed E-state index contributed by atoms with van der Waals surface area (Å²) in [5, 5.41) is 8.63. The summed E-state index contributed by atoms with van der Waals surface area (Å²) in [5.41, 5.74) is 1.44. The van der Waals surface area contributed by atoms with Crippen molar-refractivity contribution in [3.05, 3.63) is 23.8 Å². The second-order valence-electron chi connectivity index (χ2n) is 7.79. The molecule has 156 valence electrons. The highest BCUT2D eigenvalue weighted by atomic mass is 19.3. The number of piperidine rings is 1. The molecule has 1 fully saturated rings. The minimum atomic E-state index is -3.37. The van der Waals surface area contributed by atoms with Gasteiger partial charge in [-0.2, -0.15) is 8.78 Å². The summed E-state index contributed by atoms with van der Waals surface area (Å²) >= 11 is 0. The van der Waals surface area contributed by atoms with Crippen molar-refractivity contribution in [1.82, 2.24) is 15.1 Å². The van der Waals surface area contributed by atoms with Gasteiger partial charge in [-0.05, 0) is 50.7 Å². The molecular weight excluding hydrogens is 380 g/mol. The summed E-state index contributed by atoms with van der Waals surface area (Å²) < 4.78 is 27.1. The normalized spacial score (nSPS) is 23.9. The lowest BCUT2D eigenvalue weighted by molar-refractivity contribution is -0.140. The first-order chi connectivity index (χ1) is 13.8. The highest BCUT2D eigenvalue weighted by molar-refractivity contribution is 6.07. The smallest absolute Gasteiger partial charge is 0.326 e. The zero-order valence-electron chi connectivity index (χ0n) is 16.5. The lowest BCUT2D eigenvalue weighted by Crippen LogP contribution is -2.50. The van der Waals surface area contributed by atoms with E-state index in [0.717, 1.165) is 31.9 Å². The van der Waals surface area contributed by atoms with Gasteiger partial charge in [0.25, 0.3) is 5.91 Å². The molecule has 3 N–H and O–H groups in total. The van der Waals surface area contributed by atoms with Gasteiger partial charge in [0.05, 0.1) is 6.04 Å². The average Bonchev–Trinajstić information content (AvgIpc) is 2.67. The number of hydrogen-bond donors (Lipinski definition) is 3. The van der Waals surface area contributed by atoms with Gasteiger partial charge in [-0.1, -0.05) is 6.07 Å². The van der Waals surface area contributed by atoms with Crippen molar-refractivity contribution in [2.45, 2.75) is 31.2 Å². The monoisotopic (exact) mass is 405 g/mol. The van der Waals surface area contributed by atoms with E-state index in [-0.39, 0.29) is 6.04 Å². The van der Waals surface area contributed by atoms with E-state index in [1.54, 1.807) is 18.2 Å². The third-order valence-electron chi connectivity index (χ3n) is 5.39. The topological polar surface area (TPSA) is 84.4 Å². The number of nitrogens with one attached hydrogen (secondary N) is 3. The molecular formula is C19H25F2N7O. The van der Waals surface area contributed by atoms with Gasteiger partial charge in [0.1, 0.15) is 6.67 Å². The second kappa shape index (κ2) is 7.58. The summed E-state index contributed by atoms with van der Waals surface area (Å²) in [7, 11) is 4.04. The fraction of sp³-hybridized carbons (Fsp3) is 0.526. The van der Waals surface area contributed by atoms with Gasteiger partial charge in [0, 0.05) is 24.8 Å². The molecule has 1 aromatic carbocycles. The van der Waals surface area contributed by atoms with Crippen LogP contribution < -0.4 is 16.0 Å². The fourth-order valence-corrected chi connectivity index (χ4v) is 3.58. The number of rotatable bonds is 2. The lowest BCUT2D eigenvalue weighted by Gasteiger charge is -2.31. The van der Waals surface area contributed by atoms with Crippen LogP contribution in [-0.4, -0.2) is 73.4 Å². The minimum absolute atomic E-state index is 0.274. The van der Waals surface area contributed by atoms with E-state index >= 15 is 0 Å². The number of fused-ring (bicyclic) bond motifs is 1. The van der Waals surface area contributed by atoms with Crippen LogP contribution in [0.25, 0.3) is 0 Å². The number of guanidine groups is 2. The van der Waals surface area contributed by atoms with Crippen LogP contribution in [0.15, 0.2) is 28.2 Å². The van der Waals surface area contributed by atoms with Crippen LogP contribution in [-0.2, 0) is 11.2 Å². The molecule has 8 nitrogen and oxygen atoms in total. The van der Waals surface area contributed by atoms with E-state index in [1.165, 1.54) is 0 Å². The molecule has 3 aliphatic rings. The Hall–Kier alpha value is -2.75. The molecule has 0 atom stereocenters. The van der Waals surface area contributed by atoms with E-state index < -0.39 is 18.3 Å². The van der Waals surface area contributed by atoms with Crippen molar-refractivity contribution in [1.29, 1.82) is 0 Å². The maximum absolute atomic E-state index is 13.6. The molecule has 0 bridgehead atoms. The van der Waals surface area contributed by atoms with E-state index in [0.29, 0.717) is 29.6 Å². The average molecular weight is 405 g/mol. The summed E-state index contributed by atoms with van der Waals surface area (Å²) in [6.45, 7) is 2.52.